The summed E-state index contributed by atoms with van der Waals surface area (Å²) < 4.78 is 6.60. The Balaban J connectivity index is 1.38. The first-order valence-electron chi connectivity index (χ1n) is 11.8. The number of amides is 2. The van der Waals surface area contributed by atoms with Crippen molar-refractivity contribution in [3.63, 3.8) is 0 Å². The van der Waals surface area contributed by atoms with Gasteiger partial charge in [-0.05, 0) is 68.9 Å². The first-order chi connectivity index (χ1) is 16.6. The molecule has 184 valence electrons. The molecule has 2 amide bonds. The number of fused-ring (bicyclic) bond motifs is 1. The Bertz CT molecular complexity index is 1210. The minimum atomic E-state index is -1.54. The Kier molecular flexibility index (Phi) is 7.49. The number of carbonyl (C=O) groups excluding carboxylic acids is 2. The molecule has 1 saturated heterocycles. The average molecular weight is 494 g/mol. The molecule has 4 rings (SSSR count). The molecule has 3 aromatic rings. The topological polar surface area (TPSA) is 99.1 Å². The van der Waals surface area contributed by atoms with E-state index in [0.717, 1.165) is 28.5 Å². The van der Waals surface area contributed by atoms with E-state index in [1.54, 1.807) is 12.1 Å². The van der Waals surface area contributed by atoms with Gasteiger partial charge in [0.15, 0.2) is 0 Å². The van der Waals surface area contributed by atoms with E-state index in [1.807, 2.05) is 49.9 Å². The van der Waals surface area contributed by atoms with Gasteiger partial charge in [-0.2, -0.15) is 0 Å². The highest BCUT2D eigenvalue weighted by Gasteiger charge is 2.27. The molecular formula is C26H31BN2O5S. The SMILES string of the molecule is CC(C)(C)OC(=O)NCc1cccc(C2CCN(C(=O)c3cccc4sc(B(O)O)cc34)CC2)c1. The highest BCUT2D eigenvalue weighted by Crippen LogP contribution is 2.31. The van der Waals surface area contributed by atoms with E-state index in [1.165, 1.54) is 16.9 Å². The van der Waals surface area contributed by atoms with E-state index in [4.69, 9.17) is 4.74 Å². The molecule has 0 radical (unpaired) electrons. The largest absolute Gasteiger partial charge is 0.499 e. The lowest BCUT2D eigenvalue weighted by Crippen LogP contribution is -2.38. The lowest BCUT2D eigenvalue weighted by Gasteiger charge is -2.32. The van der Waals surface area contributed by atoms with E-state index in [0.29, 0.717) is 35.9 Å². The number of hydrogen-bond acceptors (Lipinski definition) is 6. The second-order valence-electron chi connectivity index (χ2n) is 9.91. The zero-order valence-corrected chi connectivity index (χ0v) is 21.1. The van der Waals surface area contributed by atoms with Gasteiger partial charge < -0.3 is 25.0 Å². The number of thiophene rings is 1. The predicted octanol–water partition coefficient (Wildman–Crippen LogP) is 3.63. The molecule has 0 unspecified atom stereocenters. The van der Waals surface area contributed by atoms with Crippen LogP contribution in [0.3, 0.4) is 0 Å². The molecule has 0 saturated carbocycles. The van der Waals surface area contributed by atoms with Crippen molar-refractivity contribution in [3.8, 4) is 0 Å². The Hall–Kier alpha value is -2.88. The number of nitrogens with zero attached hydrogens (tertiary/aromatic N) is 1. The number of likely N-dealkylation sites (tertiary alicyclic amines) is 1. The van der Waals surface area contributed by atoms with Crippen LogP contribution in [0.1, 0.15) is 61.0 Å². The summed E-state index contributed by atoms with van der Waals surface area (Å²) in [5.74, 6) is 0.315. The summed E-state index contributed by atoms with van der Waals surface area (Å²) in [5, 5.41) is 22.6. The number of benzene rings is 2. The maximum Gasteiger partial charge on any atom is 0.499 e. The van der Waals surface area contributed by atoms with Crippen molar-refractivity contribution in [1.82, 2.24) is 10.2 Å². The van der Waals surface area contributed by atoms with E-state index >= 15 is 0 Å². The van der Waals surface area contributed by atoms with Crippen LogP contribution in [0.2, 0.25) is 0 Å². The van der Waals surface area contributed by atoms with Crippen LogP contribution < -0.4 is 10.1 Å². The summed E-state index contributed by atoms with van der Waals surface area (Å²) >= 11 is 1.29. The smallest absolute Gasteiger partial charge is 0.444 e. The number of carbonyl (C=O) groups is 2. The van der Waals surface area contributed by atoms with Crippen LogP contribution in [0.15, 0.2) is 48.5 Å². The number of piperidine rings is 1. The molecule has 0 atom stereocenters. The van der Waals surface area contributed by atoms with Crippen molar-refractivity contribution >= 4 is 45.3 Å². The molecule has 2 aromatic carbocycles. The van der Waals surface area contributed by atoms with E-state index < -0.39 is 18.8 Å². The minimum absolute atomic E-state index is 0.0267. The molecule has 0 bridgehead atoms. The number of alkyl carbamates (subject to hydrolysis) is 1. The normalized spacial score (nSPS) is 14.7. The van der Waals surface area contributed by atoms with Crippen molar-refractivity contribution in [2.24, 2.45) is 0 Å². The second-order valence-corrected chi connectivity index (χ2v) is 11.0. The van der Waals surface area contributed by atoms with Crippen molar-refractivity contribution in [3.05, 3.63) is 65.2 Å². The molecule has 0 spiro atoms. The Morgan fingerprint density at radius 3 is 2.51 bits per heavy atom. The third-order valence-electron chi connectivity index (χ3n) is 6.11. The van der Waals surface area contributed by atoms with E-state index in [9.17, 15) is 19.6 Å². The monoisotopic (exact) mass is 494 g/mol. The van der Waals surface area contributed by atoms with Crippen molar-refractivity contribution in [2.45, 2.75) is 51.7 Å². The third kappa shape index (κ3) is 6.23. The molecular weight excluding hydrogens is 463 g/mol. The number of nitrogens with one attached hydrogen (secondary N) is 1. The zero-order valence-electron chi connectivity index (χ0n) is 20.3. The molecule has 1 aromatic heterocycles. The van der Waals surface area contributed by atoms with Gasteiger partial charge in [0.05, 0.1) is 0 Å². The quantitative estimate of drug-likeness (QED) is 0.471. The van der Waals surface area contributed by atoms with Gasteiger partial charge in [0.25, 0.3) is 5.91 Å². The van der Waals surface area contributed by atoms with Gasteiger partial charge in [-0.1, -0.05) is 30.3 Å². The van der Waals surface area contributed by atoms with E-state index in [-0.39, 0.29) is 5.91 Å². The molecule has 1 fully saturated rings. The molecule has 3 N–H and O–H groups in total. The second kappa shape index (κ2) is 10.4. The fourth-order valence-electron chi connectivity index (χ4n) is 4.43. The van der Waals surface area contributed by atoms with Gasteiger partial charge in [0.2, 0.25) is 0 Å². The van der Waals surface area contributed by atoms with Crippen LogP contribution in [-0.2, 0) is 11.3 Å². The number of rotatable bonds is 5. The van der Waals surface area contributed by atoms with Crippen LogP contribution in [0.4, 0.5) is 4.79 Å². The summed E-state index contributed by atoms with van der Waals surface area (Å²) in [4.78, 5) is 27.1. The molecule has 35 heavy (non-hydrogen) atoms. The minimum Gasteiger partial charge on any atom is -0.444 e. The van der Waals surface area contributed by atoms with Gasteiger partial charge in [-0.25, -0.2) is 4.79 Å². The maximum absolute atomic E-state index is 13.3. The lowest BCUT2D eigenvalue weighted by molar-refractivity contribution is 0.0523. The number of hydrogen-bond donors (Lipinski definition) is 3. The summed E-state index contributed by atoms with van der Waals surface area (Å²) in [6.45, 7) is 7.21. The van der Waals surface area contributed by atoms with Crippen LogP contribution in [0.25, 0.3) is 10.1 Å². The van der Waals surface area contributed by atoms with Crippen LogP contribution in [0.5, 0.6) is 0 Å². The number of ether oxygens (including phenoxy) is 1. The fraction of sp³-hybridized carbons (Fsp3) is 0.385. The molecule has 9 heteroatoms. The van der Waals surface area contributed by atoms with Crippen molar-refractivity contribution in [2.75, 3.05) is 13.1 Å². The molecule has 0 aliphatic carbocycles. The first kappa shape index (κ1) is 25.2. The van der Waals surface area contributed by atoms with Crippen molar-refractivity contribution in [1.29, 1.82) is 0 Å². The molecule has 2 heterocycles. The lowest BCUT2D eigenvalue weighted by atomic mass is 9.88. The molecule has 1 aliphatic heterocycles. The Morgan fingerprint density at radius 1 is 1.11 bits per heavy atom. The fourth-order valence-corrected chi connectivity index (χ4v) is 5.39. The van der Waals surface area contributed by atoms with Crippen LogP contribution in [0, 0.1) is 0 Å². The summed E-state index contributed by atoms with van der Waals surface area (Å²) in [7, 11) is -1.54. The van der Waals surface area contributed by atoms with Gasteiger partial charge in [0, 0.05) is 40.1 Å². The van der Waals surface area contributed by atoms with Crippen LogP contribution >= 0.6 is 11.3 Å². The molecule has 1 aliphatic rings. The van der Waals surface area contributed by atoms with Gasteiger partial charge in [0.1, 0.15) is 5.60 Å². The van der Waals surface area contributed by atoms with E-state index in [2.05, 4.69) is 17.4 Å². The zero-order chi connectivity index (χ0) is 25.2. The predicted molar refractivity (Wildman–Crippen MR) is 139 cm³/mol. The summed E-state index contributed by atoms with van der Waals surface area (Å²) in [5.41, 5.74) is 2.29. The summed E-state index contributed by atoms with van der Waals surface area (Å²) in [6, 6.07) is 15.4. The Labute approximate surface area is 209 Å². The van der Waals surface area contributed by atoms with Gasteiger partial charge in [-0.3, -0.25) is 4.79 Å². The highest BCUT2D eigenvalue weighted by atomic mass is 32.1. The maximum atomic E-state index is 13.3. The Morgan fingerprint density at radius 2 is 1.83 bits per heavy atom. The summed E-state index contributed by atoms with van der Waals surface area (Å²) in [6.07, 6.45) is 1.28. The van der Waals surface area contributed by atoms with Crippen molar-refractivity contribution < 1.29 is 24.4 Å². The van der Waals surface area contributed by atoms with Crippen LogP contribution in [-0.4, -0.2) is 52.8 Å². The molecule has 7 nitrogen and oxygen atoms in total. The first-order valence-corrected chi connectivity index (χ1v) is 12.7. The third-order valence-corrected chi connectivity index (χ3v) is 7.25. The highest BCUT2D eigenvalue weighted by molar-refractivity contribution is 7.27. The standard InChI is InChI=1S/C26H31BN2O5S/c1-26(2,3)34-25(31)28-16-17-6-4-7-19(14-17)18-10-12-29(13-11-18)24(30)20-8-5-9-22-21(20)15-23(35-22)27(32)33/h4-9,14-15,18,32-33H,10-13,16H2,1-3H3,(H,28,31). The van der Waals surface area contributed by atoms with Gasteiger partial charge >= 0.3 is 13.2 Å². The van der Waals surface area contributed by atoms with Gasteiger partial charge in [-0.15, -0.1) is 11.3 Å². The average Bonchev–Trinajstić information content (AvgIpc) is 3.27.